The van der Waals surface area contributed by atoms with Crippen LogP contribution in [-0.2, 0) is 9.59 Å². The van der Waals surface area contributed by atoms with Crippen molar-refractivity contribution in [2.75, 3.05) is 5.32 Å². The molecule has 18 heavy (non-hydrogen) atoms. The molecule has 0 unspecified atom stereocenters. The van der Waals surface area contributed by atoms with Crippen LogP contribution in [0, 0.1) is 0 Å². The average Bonchev–Trinajstić information content (AvgIpc) is 2.28. The van der Waals surface area contributed by atoms with Gasteiger partial charge in [0.25, 0.3) is 0 Å². The van der Waals surface area contributed by atoms with Gasteiger partial charge in [-0.3, -0.25) is 10.1 Å². The van der Waals surface area contributed by atoms with E-state index in [-0.39, 0.29) is 5.95 Å². The van der Waals surface area contributed by atoms with Crippen molar-refractivity contribution in [3.63, 3.8) is 0 Å². The van der Waals surface area contributed by atoms with Crippen LogP contribution in [0.5, 0.6) is 0 Å². The highest BCUT2D eigenvalue weighted by Gasteiger charge is 2.23. The van der Waals surface area contributed by atoms with Crippen molar-refractivity contribution < 1.29 is 24.6 Å². The van der Waals surface area contributed by atoms with Crippen molar-refractivity contribution in [1.29, 1.82) is 0 Å². The maximum absolute atomic E-state index is 11.4. The van der Waals surface area contributed by atoms with Gasteiger partial charge in [0.2, 0.25) is 5.95 Å². The first kappa shape index (κ1) is 13.4. The first-order chi connectivity index (χ1) is 8.49. The third-order valence-corrected chi connectivity index (χ3v) is 1.77. The first-order valence-electron chi connectivity index (χ1n) is 4.78. The number of carbonyl (C=O) groups excluding carboxylic acids is 1. The highest BCUT2D eigenvalue weighted by Crippen LogP contribution is 1.96. The fourth-order valence-corrected chi connectivity index (χ4v) is 1.03. The third kappa shape index (κ3) is 4.43. The van der Waals surface area contributed by atoms with E-state index < -0.39 is 30.4 Å². The molecule has 9 heteroatoms. The maximum Gasteiger partial charge on any atom is 0.326 e. The minimum atomic E-state index is -1.52. The molecule has 4 N–H and O–H groups in total. The summed E-state index contributed by atoms with van der Waals surface area (Å²) in [6, 6.07) is -0.880. The molecule has 0 radical (unpaired) electrons. The van der Waals surface area contributed by atoms with Gasteiger partial charge in [0.15, 0.2) is 0 Å². The lowest BCUT2D eigenvalue weighted by Gasteiger charge is -2.12. The van der Waals surface area contributed by atoms with E-state index in [4.69, 9.17) is 10.2 Å². The first-order valence-corrected chi connectivity index (χ1v) is 4.78. The van der Waals surface area contributed by atoms with Crippen molar-refractivity contribution in [1.82, 2.24) is 15.3 Å². The number of urea groups is 1. The van der Waals surface area contributed by atoms with E-state index in [9.17, 15) is 14.4 Å². The summed E-state index contributed by atoms with van der Waals surface area (Å²) in [6.45, 7) is 0. The molecule has 1 aromatic heterocycles. The zero-order chi connectivity index (χ0) is 13.5. The fourth-order valence-electron chi connectivity index (χ4n) is 1.03. The van der Waals surface area contributed by atoms with Crippen LogP contribution < -0.4 is 10.6 Å². The van der Waals surface area contributed by atoms with E-state index in [0.717, 1.165) is 0 Å². The van der Waals surface area contributed by atoms with Crippen molar-refractivity contribution >= 4 is 23.9 Å². The summed E-state index contributed by atoms with van der Waals surface area (Å²) in [5.74, 6) is -2.80. The van der Waals surface area contributed by atoms with Gasteiger partial charge in [-0.25, -0.2) is 19.6 Å². The lowest BCUT2D eigenvalue weighted by molar-refractivity contribution is -0.145. The number of nitrogens with one attached hydrogen (secondary N) is 2. The van der Waals surface area contributed by atoms with Gasteiger partial charge < -0.3 is 15.5 Å². The van der Waals surface area contributed by atoms with Gasteiger partial charge >= 0.3 is 18.0 Å². The molecule has 9 nitrogen and oxygen atoms in total. The molecular weight excluding hydrogens is 244 g/mol. The van der Waals surface area contributed by atoms with Crippen molar-refractivity contribution in [3.05, 3.63) is 18.5 Å². The van der Waals surface area contributed by atoms with Gasteiger partial charge in [-0.1, -0.05) is 0 Å². The zero-order valence-corrected chi connectivity index (χ0v) is 9.03. The van der Waals surface area contributed by atoms with E-state index in [1.54, 1.807) is 0 Å². The zero-order valence-electron chi connectivity index (χ0n) is 9.03. The molecule has 2 amide bonds. The highest BCUT2D eigenvalue weighted by atomic mass is 16.4. The fraction of sp³-hybridized carbons (Fsp3) is 0.222. The van der Waals surface area contributed by atoms with Crippen LogP contribution in [0.25, 0.3) is 0 Å². The number of hydrogen-bond donors (Lipinski definition) is 4. The summed E-state index contributed by atoms with van der Waals surface area (Å²) in [5.41, 5.74) is 0. The van der Waals surface area contributed by atoms with Crippen LogP contribution >= 0.6 is 0 Å². The topological polar surface area (TPSA) is 142 Å². The molecule has 1 rings (SSSR count). The Hall–Kier alpha value is -2.71. The number of carboxylic acids is 2. The largest absolute Gasteiger partial charge is 0.481 e. The Bertz CT molecular complexity index is 450. The molecule has 0 bridgehead atoms. The van der Waals surface area contributed by atoms with Crippen LogP contribution in [-0.4, -0.2) is 44.2 Å². The summed E-state index contributed by atoms with van der Waals surface area (Å²) in [5, 5.41) is 21.3. The average molecular weight is 254 g/mol. The predicted octanol–water partition coefficient (Wildman–Crippen LogP) is -0.474. The minimum Gasteiger partial charge on any atom is -0.481 e. The molecule has 1 atom stereocenters. The number of rotatable bonds is 5. The number of nitrogens with zero attached hydrogens (tertiary/aromatic N) is 2. The van der Waals surface area contributed by atoms with Crippen LogP contribution in [0.3, 0.4) is 0 Å². The van der Waals surface area contributed by atoms with Crippen molar-refractivity contribution in [3.8, 4) is 0 Å². The molecular formula is C9H10N4O5. The number of hydrogen-bond acceptors (Lipinski definition) is 5. The number of amides is 2. The summed E-state index contributed by atoms with van der Waals surface area (Å²) in [7, 11) is 0. The SMILES string of the molecule is O=C(O)C[C@H](NC(=O)Nc1ncccn1)C(=O)O. The molecule has 0 saturated carbocycles. The molecule has 0 saturated heterocycles. The molecule has 1 aromatic rings. The van der Waals surface area contributed by atoms with Gasteiger partial charge in [-0.05, 0) is 6.07 Å². The van der Waals surface area contributed by atoms with Crippen molar-refractivity contribution in [2.45, 2.75) is 12.5 Å². The van der Waals surface area contributed by atoms with E-state index in [0.29, 0.717) is 0 Å². The molecule has 0 spiro atoms. The Morgan fingerprint density at radius 3 is 2.33 bits per heavy atom. The third-order valence-electron chi connectivity index (χ3n) is 1.77. The van der Waals surface area contributed by atoms with Gasteiger partial charge in [0.05, 0.1) is 6.42 Å². The van der Waals surface area contributed by atoms with Gasteiger partial charge in [0, 0.05) is 12.4 Å². The summed E-state index contributed by atoms with van der Waals surface area (Å²) in [4.78, 5) is 39.8. The van der Waals surface area contributed by atoms with E-state index in [2.05, 4.69) is 15.3 Å². The molecule has 0 aromatic carbocycles. The smallest absolute Gasteiger partial charge is 0.326 e. The van der Waals surface area contributed by atoms with Gasteiger partial charge in [-0.15, -0.1) is 0 Å². The van der Waals surface area contributed by atoms with Crippen LogP contribution in [0.1, 0.15) is 6.42 Å². The Balaban J connectivity index is 2.56. The Morgan fingerprint density at radius 2 is 1.83 bits per heavy atom. The van der Waals surface area contributed by atoms with Crippen LogP contribution in [0.2, 0.25) is 0 Å². The van der Waals surface area contributed by atoms with Crippen LogP contribution in [0.4, 0.5) is 10.7 Å². The van der Waals surface area contributed by atoms with Crippen molar-refractivity contribution in [2.24, 2.45) is 0 Å². The number of carbonyl (C=O) groups is 3. The second-order valence-electron chi connectivity index (χ2n) is 3.16. The summed E-state index contributed by atoms with van der Waals surface area (Å²) < 4.78 is 0. The molecule has 96 valence electrons. The summed E-state index contributed by atoms with van der Waals surface area (Å²) in [6.07, 6.45) is 2.04. The number of anilines is 1. The Labute approximate surface area is 101 Å². The standard InChI is InChI=1S/C9H10N4O5/c14-6(15)4-5(7(16)17)12-9(18)13-8-10-2-1-3-11-8/h1-3,5H,4H2,(H,14,15)(H,16,17)(H2,10,11,12,13,18)/t5-/m0/s1. The quantitative estimate of drug-likeness (QED) is 0.556. The number of carboxylic acid groups (broad SMARTS) is 2. The summed E-state index contributed by atoms with van der Waals surface area (Å²) >= 11 is 0. The predicted molar refractivity (Wildman–Crippen MR) is 57.9 cm³/mol. The van der Waals surface area contributed by atoms with E-state index >= 15 is 0 Å². The van der Waals surface area contributed by atoms with E-state index in [1.807, 2.05) is 5.32 Å². The molecule has 0 aliphatic carbocycles. The van der Waals surface area contributed by atoms with Crippen LogP contribution in [0.15, 0.2) is 18.5 Å². The second-order valence-corrected chi connectivity index (χ2v) is 3.16. The number of aliphatic carboxylic acids is 2. The molecule has 1 heterocycles. The monoisotopic (exact) mass is 254 g/mol. The van der Waals surface area contributed by atoms with Gasteiger partial charge in [0.1, 0.15) is 6.04 Å². The minimum absolute atomic E-state index is 0.0190. The maximum atomic E-state index is 11.4. The second kappa shape index (κ2) is 6.13. The lowest BCUT2D eigenvalue weighted by atomic mass is 10.2. The molecule has 0 aliphatic heterocycles. The van der Waals surface area contributed by atoms with Gasteiger partial charge in [-0.2, -0.15) is 0 Å². The highest BCUT2D eigenvalue weighted by molar-refractivity contribution is 5.92. The Morgan fingerprint density at radius 1 is 1.22 bits per heavy atom. The molecule has 0 fully saturated rings. The molecule has 0 aliphatic rings. The van der Waals surface area contributed by atoms with E-state index in [1.165, 1.54) is 18.5 Å². The number of aromatic nitrogens is 2. The Kier molecular flexibility index (Phi) is 4.55. The lowest BCUT2D eigenvalue weighted by Crippen LogP contribution is -2.44. The normalized spacial score (nSPS) is 11.3.